The molecule has 24 heavy (non-hydrogen) atoms. The van der Waals surface area contributed by atoms with Gasteiger partial charge in [0.25, 0.3) is 0 Å². The molecule has 0 aromatic rings. The van der Waals surface area contributed by atoms with E-state index in [1.807, 2.05) is 0 Å². The van der Waals surface area contributed by atoms with Gasteiger partial charge in [0.15, 0.2) is 0 Å². The lowest BCUT2D eigenvalue weighted by Gasteiger charge is -2.59. The van der Waals surface area contributed by atoms with Crippen LogP contribution in [0.1, 0.15) is 79.1 Å². The van der Waals surface area contributed by atoms with Crippen LogP contribution in [0.15, 0.2) is 11.6 Å². The Bertz CT molecular complexity index is 564. The van der Waals surface area contributed by atoms with Crippen molar-refractivity contribution < 1.29 is 9.53 Å². The molecule has 0 aromatic heterocycles. The van der Waals surface area contributed by atoms with E-state index in [2.05, 4.69) is 26.8 Å². The number of fused-ring (bicyclic) bond motifs is 5. The second-order valence-corrected chi connectivity index (χ2v) is 9.84. The monoisotopic (exact) mass is 330 g/mol. The summed E-state index contributed by atoms with van der Waals surface area (Å²) in [7, 11) is 0. The van der Waals surface area contributed by atoms with Gasteiger partial charge in [-0.05, 0) is 87.4 Å². The number of rotatable bonds is 1. The molecule has 3 fully saturated rings. The van der Waals surface area contributed by atoms with Gasteiger partial charge in [0.2, 0.25) is 0 Å². The van der Waals surface area contributed by atoms with Crippen molar-refractivity contribution in [1.29, 1.82) is 0 Å². The van der Waals surface area contributed by atoms with Crippen LogP contribution in [0.4, 0.5) is 0 Å². The maximum absolute atomic E-state index is 11.5. The summed E-state index contributed by atoms with van der Waals surface area (Å²) in [5.74, 6) is 3.32. The summed E-state index contributed by atoms with van der Waals surface area (Å²) in [5.41, 5.74) is 2.37. The third kappa shape index (κ3) is 2.31. The predicted octanol–water partition coefficient (Wildman–Crippen LogP) is 5.52. The highest BCUT2D eigenvalue weighted by molar-refractivity contribution is 5.66. The first-order valence-electron chi connectivity index (χ1n) is 10.2. The lowest BCUT2D eigenvalue weighted by atomic mass is 9.45. The summed E-state index contributed by atoms with van der Waals surface area (Å²) in [6.45, 7) is 8.92. The van der Waals surface area contributed by atoms with Crippen molar-refractivity contribution in [2.75, 3.05) is 0 Å². The smallest absolute Gasteiger partial charge is 0.302 e. The van der Waals surface area contributed by atoms with Crippen LogP contribution in [0.3, 0.4) is 0 Å². The van der Waals surface area contributed by atoms with Crippen LogP contribution in [0.2, 0.25) is 0 Å². The zero-order valence-corrected chi connectivity index (χ0v) is 15.9. The molecule has 0 amide bonds. The molecule has 4 aliphatic rings. The van der Waals surface area contributed by atoms with Crippen LogP contribution in [0, 0.1) is 34.5 Å². The molecule has 0 unspecified atom stereocenters. The molecule has 2 heteroatoms. The van der Waals surface area contributed by atoms with Crippen LogP contribution >= 0.6 is 0 Å². The van der Waals surface area contributed by atoms with Crippen molar-refractivity contribution in [1.82, 2.24) is 0 Å². The zero-order valence-electron chi connectivity index (χ0n) is 15.9. The minimum atomic E-state index is -0.0902. The maximum Gasteiger partial charge on any atom is 0.302 e. The van der Waals surface area contributed by atoms with E-state index in [0.29, 0.717) is 5.41 Å². The highest BCUT2D eigenvalue weighted by Crippen LogP contribution is 2.66. The van der Waals surface area contributed by atoms with Crippen LogP contribution in [-0.4, -0.2) is 12.1 Å². The van der Waals surface area contributed by atoms with Crippen LogP contribution in [-0.2, 0) is 9.53 Å². The Kier molecular flexibility index (Phi) is 3.89. The van der Waals surface area contributed by atoms with Gasteiger partial charge in [0, 0.05) is 12.3 Å². The molecule has 3 saturated carbocycles. The minimum Gasteiger partial charge on any atom is -0.462 e. The summed E-state index contributed by atoms with van der Waals surface area (Å²) in [5, 5.41) is 0. The van der Waals surface area contributed by atoms with Crippen molar-refractivity contribution in [2.45, 2.75) is 85.2 Å². The highest BCUT2D eigenvalue weighted by atomic mass is 16.5. The third-order valence-corrected chi connectivity index (χ3v) is 8.75. The first-order valence-corrected chi connectivity index (χ1v) is 10.2. The van der Waals surface area contributed by atoms with Crippen molar-refractivity contribution in [3.63, 3.8) is 0 Å². The Hall–Kier alpha value is -0.790. The fourth-order valence-corrected chi connectivity index (χ4v) is 7.40. The number of hydrogen-bond acceptors (Lipinski definition) is 2. The van der Waals surface area contributed by atoms with Gasteiger partial charge in [0.1, 0.15) is 6.10 Å². The van der Waals surface area contributed by atoms with E-state index in [9.17, 15) is 4.79 Å². The lowest BCUT2D eigenvalue weighted by Crippen LogP contribution is -2.53. The highest BCUT2D eigenvalue weighted by Gasteiger charge is 2.60. The first kappa shape index (κ1) is 16.7. The molecule has 0 aromatic carbocycles. The molecule has 134 valence electrons. The number of esters is 1. The average molecular weight is 331 g/mol. The van der Waals surface area contributed by atoms with Gasteiger partial charge in [-0.3, -0.25) is 4.79 Å². The number of hydrogen-bond donors (Lipinski definition) is 0. The Balaban J connectivity index is 1.60. The fraction of sp³-hybridized carbons (Fsp3) is 0.864. The maximum atomic E-state index is 11.5. The molecule has 4 aliphatic carbocycles. The summed E-state index contributed by atoms with van der Waals surface area (Å²) in [6.07, 6.45) is 13.1. The molecule has 0 heterocycles. The number of ether oxygens (including phenoxy) is 1. The summed E-state index contributed by atoms with van der Waals surface area (Å²) < 4.78 is 5.76. The topological polar surface area (TPSA) is 26.3 Å². The SMILES string of the molecule is CC(=O)O[C@H]1CC[C@@H]2[C@H]3CC[C@H]4CC(C)=CC[C@]4(C)[C@@H]3CC[C@]12C. The molecule has 0 saturated heterocycles. The van der Waals surface area contributed by atoms with Gasteiger partial charge in [-0.2, -0.15) is 0 Å². The lowest BCUT2D eigenvalue weighted by molar-refractivity contribution is -0.159. The zero-order chi connectivity index (χ0) is 17.1. The summed E-state index contributed by atoms with van der Waals surface area (Å²) in [4.78, 5) is 11.5. The summed E-state index contributed by atoms with van der Waals surface area (Å²) >= 11 is 0. The van der Waals surface area contributed by atoms with E-state index in [4.69, 9.17) is 4.74 Å². The van der Waals surface area contributed by atoms with Crippen LogP contribution < -0.4 is 0 Å². The van der Waals surface area contributed by atoms with Crippen molar-refractivity contribution in [3.05, 3.63) is 11.6 Å². The standard InChI is InChI=1S/C22H34O2/c1-14-9-11-21(3)16(13-14)5-6-17-18-7-8-20(24-15(2)23)22(18,4)12-10-19(17)21/h9,16-20H,5-8,10-13H2,1-4H3/t16-,17+,18+,19+,20-,21-,22-/m0/s1. The number of carbonyl (C=O) groups excluding carboxylic acids is 1. The molecule has 0 bridgehead atoms. The fourth-order valence-electron chi connectivity index (χ4n) is 7.40. The molecular formula is C22H34O2. The molecule has 2 nitrogen and oxygen atoms in total. The molecule has 0 radical (unpaired) electrons. The Labute approximate surface area is 147 Å². The predicted molar refractivity (Wildman–Crippen MR) is 96.4 cm³/mol. The van der Waals surface area contributed by atoms with E-state index in [0.717, 1.165) is 30.1 Å². The third-order valence-electron chi connectivity index (χ3n) is 8.75. The van der Waals surface area contributed by atoms with Crippen molar-refractivity contribution in [2.24, 2.45) is 34.5 Å². The van der Waals surface area contributed by atoms with Crippen LogP contribution in [0.25, 0.3) is 0 Å². The van der Waals surface area contributed by atoms with Gasteiger partial charge < -0.3 is 4.74 Å². The van der Waals surface area contributed by atoms with Gasteiger partial charge in [-0.1, -0.05) is 25.5 Å². The first-order chi connectivity index (χ1) is 11.3. The number of allylic oxidation sites excluding steroid dienone is 2. The van der Waals surface area contributed by atoms with E-state index < -0.39 is 0 Å². The Morgan fingerprint density at radius 3 is 2.58 bits per heavy atom. The molecular weight excluding hydrogens is 296 g/mol. The van der Waals surface area contributed by atoms with Crippen LogP contribution in [0.5, 0.6) is 0 Å². The average Bonchev–Trinajstić information content (AvgIpc) is 2.84. The molecule has 4 rings (SSSR count). The normalized spacial score (nSPS) is 50.3. The van der Waals surface area contributed by atoms with Gasteiger partial charge in [0.05, 0.1) is 0 Å². The second-order valence-electron chi connectivity index (χ2n) is 9.84. The molecule has 0 aliphatic heterocycles. The Morgan fingerprint density at radius 2 is 1.83 bits per heavy atom. The van der Waals surface area contributed by atoms with E-state index in [1.165, 1.54) is 44.9 Å². The molecule has 0 spiro atoms. The van der Waals surface area contributed by atoms with Gasteiger partial charge in [-0.25, -0.2) is 0 Å². The summed E-state index contributed by atoms with van der Waals surface area (Å²) in [6, 6.07) is 0. The number of carbonyl (C=O) groups is 1. The van der Waals surface area contributed by atoms with E-state index >= 15 is 0 Å². The second kappa shape index (κ2) is 5.61. The molecule has 7 atom stereocenters. The molecule has 0 N–H and O–H groups in total. The van der Waals surface area contributed by atoms with E-state index in [1.54, 1.807) is 12.5 Å². The minimum absolute atomic E-state index is 0.0902. The van der Waals surface area contributed by atoms with Crippen molar-refractivity contribution in [3.8, 4) is 0 Å². The van der Waals surface area contributed by atoms with Gasteiger partial charge in [-0.15, -0.1) is 0 Å². The quantitative estimate of drug-likeness (QED) is 0.467. The van der Waals surface area contributed by atoms with Crippen molar-refractivity contribution >= 4 is 5.97 Å². The Morgan fingerprint density at radius 1 is 1.08 bits per heavy atom. The largest absolute Gasteiger partial charge is 0.462 e. The van der Waals surface area contributed by atoms with E-state index in [-0.39, 0.29) is 17.5 Å². The van der Waals surface area contributed by atoms with Gasteiger partial charge >= 0.3 is 5.97 Å².